The van der Waals surface area contributed by atoms with Gasteiger partial charge >= 0.3 is 0 Å². The number of benzene rings is 2. The van der Waals surface area contributed by atoms with Gasteiger partial charge in [0.1, 0.15) is 5.02 Å². The first-order valence-corrected chi connectivity index (χ1v) is 10.3. The number of nitrogens with zero attached hydrogens (tertiary/aromatic N) is 1. The van der Waals surface area contributed by atoms with Crippen LogP contribution in [0.3, 0.4) is 0 Å². The van der Waals surface area contributed by atoms with Crippen LogP contribution in [0.4, 0.5) is 27.6 Å². The van der Waals surface area contributed by atoms with Crippen LogP contribution in [0.2, 0.25) is 18.1 Å². The predicted molar refractivity (Wildman–Crippen MR) is 86.2 cm³/mol. The van der Waals surface area contributed by atoms with Crippen LogP contribution in [0.25, 0.3) is 0 Å². The minimum atomic E-state index is -3.59. The van der Waals surface area contributed by atoms with Crippen molar-refractivity contribution in [1.82, 2.24) is 0 Å². The Morgan fingerprint density at radius 2 is 1.54 bits per heavy atom. The highest BCUT2D eigenvalue weighted by molar-refractivity contribution is 6.84. The Morgan fingerprint density at radius 1 is 1.04 bits per heavy atom. The highest BCUT2D eigenvalue weighted by Crippen LogP contribution is 2.26. The van der Waals surface area contributed by atoms with E-state index < -0.39 is 53.2 Å². The standard InChI is InChI=1S/C15H11ClF5NO3Si/c1-26(2,15-13(20)11(18)10(17)12(19)14(15)21)25-6-7-3-4-8(16)9(5-7)22(23)24/h3-5H,6H2,1-2H3. The third-order valence-corrected chi connectivity index (χ3v) is 6.45. The maximum atomic E-state index is 14.0. The zero-order chi connectivity index (χ0) is 19.8. The molecule has 0 heterocycles. The van der Waals surface area contributed by atoms with Crippen LogP contribution in [-0.2, 0) is 11.0 Å². The molecule has 0 atom stereocenters. The Bertz CT molecular complexity index is 865. The van der Waals surface area contributed by atoms with Gasteiger partial charge in [0.15, 0.2) is 23.3 Å². The molecule has 0 saturated heterocycles. The van der Waals surface area contributed by atoms with Gasteiger partial charge in [-0.05, 0) is 24.7 Å². The molecule has 2 aromatic carbocycles. The summed E-state index contributed by atoms with van der Waals surface area (Å²) in [5.74, 6) is -10.2. The van der Waals surface area contributed by atoms with Crippen LogP contribution < -0.4 is 5.19 Å². The van der Waals surface area contributed by atoms with Crippen molar-refractivity contribution in [3.63, 3.8) is 0 Å². The number of hydrogen-bond acceptors (Lipinski definition) is 3. The van der Waals surface area contributed by atoms with Crippen LogP contribution >= 0.6 is 11.6 Å². The molecule has 2 aromatic rings. The van der Waals surface area contributed by atoms with Gasteiger partial charge in [-0.2, -0.15) is 0 Å². The van der Waals surface area contributed by atoms with Crippen LogP contribution in [-0.4, -0.2) is 13.2 Å². The summed E-state index contributed by atoms with van der Waals surface area (Å²) >= 11 is 5.68. The van der Waals surface area contributed by atoms with E-state index in [0.29, 0.717) is 0 Å². The molecule has 0 bridgehead atoms. The van der Waals surface area contributed by atoms with Gasteiger partial charge in [-0.15, -0.1) is 0 Å². The summed E-state index contributed by atoms with van der Waals surface area (Å²) in [7, 11) is -3.59. The Balaban J connectivity index is 2.36. The molecule has 0 aliphatic heterocycles. The van der Waals surface area contributed by atoms with Crippen LogP contribution in [0.5, 0.6) is 0 Å². The number of hydrogen-bond donors (Lipinski definition) is 0. The van der Waals surface area contributed by atoms with Gasteiger partial charge < -0.3 is 4.43 Å². The summed E-state index contributed by atoms with van der Waals surface area (Å²) in [5.41, 5.74) is -0.144. The summed E-state index contributed by atoms with van der Waals surface area (Å²) in [6, 6.07) is 3.73. The maximum Gasteiger partial charge on any atom is 0.288 e. The lowest BCUT2D eigenvalue weighted by Gasteiger charge is -2.25. The zero-order valence-electron chi connectivity index (χ0n) is 13.4. The van der Waals surface area contributed by atoms with E-state index in [1.807, 2.05) is 0 Å². The molecule has 26 heavy (non-hydrogen) atoms. The van der Waals surface area contributed by atoms with Crippen molar-refractivity contribution in [3.8, 4) is 0 Å². The van der Waals surface area contributed by atoms with Crippen molar-refractivity contribution in [2.75, 3.05) is 0 Å². The van der Waals surface area contributed by atoms with Gasteiger partial charge in [-0.25, -0.2) is 22.0 Å². The van der Waals surface area contributed by atoms with E-state index in [4.69, 9.17) is 16.0 Å². The molecular weight excluding hydrogens is 401 g/mol. The third-order valence-electron chi connectivity index (χ3n) is 3.62. The van der Waals surface area contributed by atoms with Crippen LogP contribution in [0, 0.1) is 39.2 Å². The first-order valence-electron chi connectivity index (χ1n) is 7.06. The van der Waals surface area contributed by atoms with E-state index in [-0.39, 0.29) is 17.2 Å². The second-order valence-corrected chi connectivity index (χ2v) is 10.0. The summed E-state index contributed by atoms with van der Waals surface area (Å²) in [6.07, 6.45) is 0. The lowest BCUT2D eigenvalue weighted by Crippen LogP contribution is -2.49. The molecule has 11 heteroatoms. The number of rotatable bonds is 5. The highest BCUT2D eigenvalue weighted by Gasteiger charge is 2.38. The summed E-state index contributed by atoms with van der Waals surface area (Å²) in [5, 5.41) is 9.75. The normalized spacial score (nSPS) is 11.7. The first-order chi connectivity index (χ1) is 12.0. The van der Waals surface area contributed by atoms with Gasteiger partial charge in [0.05, 0.1) is 11.5 Å². The first kappa shape index (κ1) is 20.3. The van der Waals surface area contributed by atoms with E-state index in [1.165, 1.54) is 25.2 Å². The second-order valence-electron chi connectivity index (χ2n) is 5.79. The monoisotopic (exact) mass is 411 g/mol. The van der Waals surface area contributed by atoms with Crippen molar-refractivity contribution in [3.05, 3.63) is 68.0 Å². The molecule has 0 aliphatic carbocycles. The fourth-order valence-corrected chi connectivity index (χ4v) is 4.39. The lowest BCUT2D eigenvalue weighted by atomic mass is 10.2. The molecular formula is C15H11ClF5NO3Si. The van der Waals surface area contributed by atoms with Crippen molar-refractivity contribution in [2.45, 2.75) is 19.7 Å². The largest absolute Gasteiger partial charge is 0.408 e. The summed E-state index contributed by atoms with van der Waals surface area (Å²) < 4.78 is 73.3. The van der Waals surface area contributed by atoms with Crippen molar-refractivity contribution in [1.29, 1.82) is 0 Å². The SMILES string of the molecule is C[Si](C)(OCc1ccc(Cl)c([N+](=O)[O-])c1)c1c(F)c(F)c(F)c(F)c1F. The van der Waals surface area contributed by atoms with Crippen LogP contribution in [0.15, 0.2) is 18.2 Å². The fourth-order valence-electron chi connectivity index (χ4n) is 2.26. The van der Waals surface area contributed by atoms with E-state index >= 15 is 0 Å². The van der Waals surface area contributed by atoms with E-state index in [9.17, 15) is 32.1 Å². The van der Waals surface area contributed by atoms with Gasteiger partial charge in [-0.3, -0.25) is 10.1 Å². The molecule has 0 N–H and O–H groups in total. The second kappa shape index (κ2) is 7.29. The molecule has 2 rings (SSSR count). The third kappa shape index (κ3) is 3.71. The Hall–Kier alpha value is -2.04. The molecule has 0 amide bonds. The quantitative estimate of drug-likeness (QED) is 0.181. The Kier molecular flexibility index (Phi) is 5.69. The summed E-state index contributed by atoms with van der Waals surface area (Å²) in [4.78, 5) is 10.1. The van der Waals surface area contributed by atoms with Gasteiger partial charge in [0.2, 0.25) is 14.1 Å². The van der Waals surface area contributed by atoms with Gasteiger partial charge in [0.25, 0.3) is 5.69 Å². The molecule has 0 saturated carbocycles. The topological polar surface area (TPSA) is 52.4 Å². The molecule has 0 aliphatic rings. The number of halogens is 6. The number of nitro benzene ring substituents is 1. The van der Waals surface area contributed by atoms with Crippen molar-refractivity contribution < 1.29 is 31.3 Å². The Morgan fingerprint density at radius 3 is 2.04 bits per heavy atom. The minimum Gasteiger partial charge on any atom is -0.408 e. The molecule has 0 unspecified atom stereocenters. The maximum absolute atomic E-state index is 14.0. The molecule has 0 radical (unpaired) electrons. The fraction of sp³-hybridized carbons (Fsp3) is 0.200. The van der Waals surface area contributed by atoms with E-state index in [0.717, 1.165) is 6.07 Å². The molecule has 0 aromatic heterocycles. The minimum absolute atomic E-state index is 0.116. The molecule has 4 nitrogen and oxygen atoms in total. The lowest BCUT2D eigenvalue weighted by molar-refractivity contribution is -0.384. The average molecular weight is 412 g/mol. The molecule has 0 spiro atoms. The Labute approximate surface area is 150 Å². The van der Waals surface area contributed by atoms with Gasteiger partial charge in [0, 0.05) is 11.3 Å². The highest BCUT2D eigenvalue weighted by atomic mass is 35.5. The molecule has 0 fully saturated rings. The van der Waals surface area contributed by atoms with Crippen molar-refractivity contribution in [2.24, 2.45) is 0 Å². The van der Waals surface area contributed by atoms with Crippen molar-refractivity contribution >= 4 is 30.8 Å². The zero-order valence-corrected chi connectivity index (χ0v) is 15.1. The van der Waals surface area contributed by atoms with E-state index in [2.05, 4.69) is 0 Å². The summed E-state index contributed by atoms with van der Waals surface area (Å²) in [6.45, 7) is 2.15. The van der Waals surface area contributed by atoms with Gasteiger partial charge in [-0.1, -0.05) is 17.7 Å². The smallest absolute Gasteiger partial charge is 0.288 e. The van der Waals surface area contributed by atoms with Crippen LogP contribution in [0.1, 0.15) is 5.56 Å². The predicted octanol–water partition coefficient (Wildman–Crippen LogP) is 4.57. The molecule has 140 valence electrons. The average Bonchev–Trinajstić information content (AvgIpc) is 2.57. The van der Waals surface area contributed by atoms with E-state index in [1.54, 1.807) is 0 Å². The number of nitro groups is 1.